The lowest BCUT2D eigenvalue weighted by Crippen LogP contribution is -2.11. The Hall–Kier alpha value is -1.32. The van der Waals surface area contributed by atoms with Crippen LogP contribution in [0.1, 0.15) is 6.92 Å². The van der Waals surface area contributed by atoms with Crippen molar-refractivity contribution < 1.29 is 4.74 Å². The highest BCUT2D eigenvalue weighted by Gasteiger charge is 1.94. The average Bonchev–Trinajstić information content (AvgIpc) is 1.94. The Labute approximate surface area is 57.8 Å². The fourth-order valence-corrected chi connectivity index (χ4v) is 0.601. The first kappa shape index (κ1) is 6.80. The van der Waals surface area contributed by atoms with Crippen molar-refractivity contribution in [2.75, 3.05) is 6.61 Å². The highest BCUT2D eigenvalue weighted by molar-refractivity contribution is 5.12. The number of nitrogens with one attached hydrogen (secondary N) is 1. The van der Waals surface area contributed by atoms with Gasteiger partial charge in [0.05, 0.1) is 12.8 Å². The summed E-state index contributed by atoms with van der Waals surface area (Å²) >= 11 is 0. The van der Waals surface area contributed by atoms with E-state index in [1.807, 2.05) is 6.92 Å². The lowest BCUT2D eigenvalue weighted by molar-refractivity contribution is 0.334. The topological polar surface area (TPSA) is 55.0 Å². The van der Waals surface area contributed by atoms with E-state index in [0.717, 1.165) is 0 Å². The van der Waals surface area contributed by atoms with E-state index in [1.54, 1.807) is 0 Å². The lowest BCUT2D eigenvalue weighted by Gasteiger charge is -1.97. The van der Waals surface area contributed by atoms with Crippen molar-refractivity contribution in [2.45, 2.75) is 6.92 Å². The molecule has 54 valence electrons. The van der Waals surface area contributed by atoms with Gasteiger partial charge in [0.2, 0.25) is 0 Å². The molecule has 1 heterocycles. The number of aromatic nitrogens is 2. The van der Waals surface area contributed by atoms with Crippen LogP contribution in [0.25, 0.3) is 0 Å². The van der Waals surface area contributed by atoms with E-state index in [4.69, 9.17) is 4.74 Å². The number of rotatable bonds is 2. The van der Waals surface area contributed by atoms with Crippen LogP contribution in [0.4, 0.5) is 0 Å². The Morgan fingerprint density at radius 1 is 1.80 bits per heavy atom. The monoisotopic (exact) mass is 140 g/mol. The molecule has 0 fully saturated rings. The number of aromatic amines is 1. The van der Waals surface area contributed by atoms with Gasteiger partial charge in [0, 0.05) is 6.07 Å². The Balaban J connectivity index is 2.92. The summed E-state index contributed by atoms with van der Waals surface area (Å²) in [5.74, 6) is 0.317. The maximum absolute atomic E-state index is 10.8. The molecule has 4 heteroatoms. The standard InChI is InChI=1S/C6H8N2O2/c1-2-10-5-3-4-7-8-6(5)9/h3-4H,2H2,1H3,(H,8,9). The van der Waals surface area contributed by atoms with Crippen molar-refractivity contribution in [3.8, 4) is 5.75 Å². The van der Waals surface area contributed by atoms with Crippen LogP contribution in [0.3, 0.4) is 0 Å². The minimum atomic E-state index is -0.288. The Kier molecular flexibility index (Phi) is 2.04. The second-order valence-electron chi connectivity index (χ2n) is 1.68. The third-order valence-electron chi connectivity index (χ3n) is 0.990. The van der Waals surface area contributed by atoms with Crippen LogP contribution >= 0.6 is 0 Å². The van der Waals surface area contributed by atoms with Gasteiger partial charge in [-0.3, -0.25) is 4.79 Å². The molecule has 4 nitrogen and oxygen atoms in total. The minimum Gasteiger partial charge on any atom is -0.488 e. The smallest absolute Gasteiger partial charge is 0.306 e. The van der Waals surface area contributed by atoms with E-state index in [1.165, 1.54) is 12.3 Å². The second kappa shape index (κ2) is 3.00. The molecule has 0 saturated heterocycles. The summed E-state index contributed by atoms with van der Waals surface area (Å²) in [5, 5.41) is 5.76. The molecule has 10 heavy (non-hydrogen) atoms. The highest BCUT2D eigenvalue weighted by atomic mass is 16.5. The zero-order valence-corrected chi connectivity index (χ0v) is 5.63. The maximum Gasteiger partial charge on any atom is 0.306 e. The molecule has 1 aromatic heterocycles. The number of hydrogen-bond donors (Lipinski definition) is 1. The molecule has 0 aliphatic carbocycles. The molecule has 1 rings (SSSR count). The van der Waals surface area contributed by atoms with Gasteiger partial charge in [0.25, 0.3) is 0 Å². The van der Waals surface area contributed by atoms with E-state index in [9.17, 15) is 4.79 Å². The summed E-state index contributed by atoms with van der Waals surface area (Å²) in [6.07, 6.45) is 1.48. The van der Waals surface area contributed by atoms with Crippen LogP contribution in [0.15, 0.2) is 17.1 Å². The largest absolute Gasteiger partial charge is 0.488 e. The molecule has 0 amide bonds. The van der Waals surface area contributed by atoms with Gasteiger partial charge in [-0.15, -0.1) is 0 Å². The van der Waals surface area contributed by atoms with E-state index in [2.05, 4.69) is 10.2 Å². The molecule has 0 aliphatic heterocycles. The Morgan fingerprint density at radius 3 is 3.20 bits per heavy atom. The summed E-state index contributed by atoms with van der Waals surface area (Å²) < 4.78 is 4.95. The predicted octanol–water partition coefficient (Wildman–Crippen LogP) is 0.169. The zero-order chi connectivity index (χ0) is 7.40. The van der Waals surface area contributed by atoms with Gasteiger partial charge in [-0.1, -0.05) is 0 Å². The SMILES string of the molecule is CCOc1ccn[nH]c1=O. The Bertz CT molecular complexity index is 256. The van der Waals surface area contributed by atoms with Gasteiger partial charge < -0.3 is 4.74 Å². The first-order chi connectivity index (χ1) is 4.84. The van der Waals surface area contributed by atoms with Gasteiger partial charge in [-0.2, -0.15) is 5.10 Å². The molecule has 1 aromatic rings. The number of hydrogen-bond acceptors (Lipinski definition) is 3. The molecular formula is C6H8N2O2. The number of H-pyrrole nitrogens is 1. The summed E-state index contributed by atoms with van der Waals surface area (Å²) in [4.78, 5) is 10.8. The Morgan fingerprint density at radius 2 is 2.60 bits per heavy atom. The van der Waals surface area contributed by atoms with E-state index < -0.39 is 0 Å². The molecule has 0 aliphatic rings. The molecule has 1 N–H and O–H groups in total. The van der Waals surface area contributed by atoms with Crippen LogP contribution in [-0.4, -0.2) is 16.8 Å². The molecule has 0 unspecified atom stereocenters. The molecule has 0 spiro atoms. The van der Waals surface area contributed by atoms with Crippen LogP contribution in [0, 0.1) is 0 Å². The second-order valence-corrected chi connectivity index (χ2v) is 1.68. The molecule has 0 saturated carbocycles. The van der Waals surface area contributed by atoms with Gasteiger partial charge in [0.1, 0.15) is 0 Å². The molecule has 0 atom stereocenters. The third kappa shape index (κ3) is 1.34. The van der Waals surface area contributed by atoms with Crippen molar-refractivity contribution in [1.29, 1.82) is 0 Å². The van der Waals surface area contributed by atoms with E-state index in [0.29, 0.717) is 12.4 Å². The van der Waals surface area contributed by atoms with E-state index >= 15 is 0 Å². The normalized spacial score (nSPS) is 9.30. The highest BCUT2D eigenvalue weighted by Crippen LogP contribution is 1.96. The van der Waals surface area contributed by atoms with Crippen molar-refractivity contribution >= 4 is 0 Å². The van der Waals surface area contributed by atoms with Crippen LogP contribution in [0.5, 0.6) is 5.75 Å². The third-order valence-corrected chi connectivity index (χ3v) is 0.990. The van der Waals surface area contributed by atoms with Crippen molar-refractivity contribution in [2.24, 2.45) is 0 Å². The van der Waals surface area contributed by atoms with Gasteiger partial charge in [-0.05, 0) is 6.92 Å². The summed E-state index contributed by atoms with van der Waals surface area (Å²) in [5.41, 5.74) is -0.288. The predicted molar refractivity (Wildman–Crippen MR) is 36.0 cm³/mol. The summed E-state index contributed by atoms with van der Waals surface area (Å²) in [6.45, 7) is 2.31. The number of ether oxygens (including phenoxy) is 1. The molecule has 0 radical (unpaired) electrons. The van der Waals surface area contributed by atoms with Crippen LogP contribution < -0.4 is 10.3 Å². The first-order valence-corrected chi connectivity index (χ1v) is 3.01. The first-order valence-electron chi connectivity index (χ1n) is 3.01. The van der Waals surface area contributed by atoms with Gasteiger partial charge in [0.15, 0.2) is 5.75 Å². The van der Waals surface area contributed by atoms with Crippen molar-refractivity contribution in [1.82, 2.24) is 10.2 Å². The maximum atomic E-state index is 10.8. The lowest BCUT2D eigenvalue weighted by atomic mass is 10.5. The average molecular weight is 140 g/mol. The summed E-state index contributed by atoms with van der Waals surface area (Å²) in [7, 11) is 0. The van der Waals surface area contributed by atoms with Crippen LogP contribution in [0.2, 0.25) is 0 Å². The molecule has 0 aromatic carbocycles. The molecular weight excluding hydrogens is 132 g/mol. The summed E-state index contributed by atoms with van der Waals surface area (Å²) in [6, 6.07) is 1.53. The van der Waals surface area contributed by atoms with Gasteiger partial charge >= 0.3 is 5.56 Å². The van der Waals surface area contributed by atoms with Gasteiger partial charge in [-0.25, -0.2) is 5.10 Å². The van der Waals surface area contributed by atoms with E-state index in [-0.39, 0.29) is 5.56 Å². The zero-order valence-electron chi connectivity index (χ0n) is 5.63. The molecule has 0 bridgehead atoms. The minimum absolute atomic E-state index is 0.288. The fourth-order valence-electron chi connectivity index (χ4n) is 0.601. The van der Waals surface area contributed by atoms with Crippen molar-refractivity contribution in [3.05, 3.63) is 22.6 Å². The van der Waals surface area contributed by atoms with Crippen LogP contribution in [-0.2, 0) is 0 Å². The quantitative estimate of drug-likeness (QED) is 0.637. The number of nitrogens with zero attached hydrogens (tertiary/aromatic N) is 1. The fraction of sp³-hybridized carbons (Fsp3) is 0.333. The van der Waals surface area contributed by atoms with Crippen molar-refractivity contribution in [3.63, 3.8) is 0 Å².